The maximum Gasteiger partial charge on any atom is 0.338 e. The molecule has 4 aromatic carbocycles. The molecular weight excluding hydrogens is 532 g/mol. The van der Waals surface area contributed by atoms with E-state index in [1.165, 1.54) is 14.2 Å². The Labute approximate surface area is 244 Å². The van der Waals surface area contributed by atoms with Crippen LogP contribution in [0.3, 0.4) is 0 Å². The molecule has 0 spiro atoms. The lowest BCUT2D eigenvalue weighted by Gasteiger charge is -2.22. The average Bonchev–Trinajstić information content (AvgIpc) is 3.54. The van der Waals surface area contributed by atoms with Gasteiger partial charge in [0.1, 0.15) is 13.2 Å². The fourth-order valence-corrected chi connectivity index (χ4v) is 5.63. The molecule has 0 bridgehead atoms. The molecule has 0 aliphatic carbocycles. The van der Waals surface area contributed by atoms with Crippen molar-refractivity contribution < 1.29 is 28.5 Å². The Morgan fingerprint density at radius 2 is 1.02 bits per heavy atom. The van der Waals surface area contributed by atoms with Gasteiger partial charge in [0.2, 0.25) is 11.8 Å². The van der Waals surface area contributed by atoms with Crippen molar-refractivity contribution in [2.75, 3.05) is 27.4 Å². The van der Waals surface area contributed by atoms with Gasteiger partial charge in [-0.2, -0.15) is 0 Å². The van der Waals surface area contributed by atoms with Crippen LogP contribution in [0.15, 0.2) is 70.6 Å². The monoisotopic (exact) mass is 564 g/mol. The number of benzene rings is 4. The molecule has 8 heteroatoms. The van der Waals surface area contributed by atoms with Gasteiger partial charge in [-0.05, 0) is 61.4 Å². The van der Waals surface area contributed by atoms with Crippen LogP contribution in [0, 0.1) is 0 Å². The summed E-state index contributed by atoms with van der Waals surface area (Å²) in [5, 5.41) is 3.29. The van der Waals surface area contributed by atoms with E-state index in [2.05, 4.69) is 0 Å². The normalized spacial score (nSPS) is 16.9. The van der Waals surface area contributed by atoms with E-state index in [1.807, 2.05) is 76.2 Å². The Hall–Kier alpha value is -4.72. The Bertz CT molecular complexity index is 1720. The molecule has 2 aliphatic heterocycles. The summed E-state index contributed by atoms with van der Waals surface area (Å²) >= 11 is 0. The smallest absolute Gasteiger partial charge is 0.338 e. The number of nitrogens with zero attached hydrogens (tertiary/aromatic N) is 2. The third-order valence-corrected chi connectivity index (χ3v) is 7.52. The van der Waals surface area contributed by atoms with Crippen LogP contribution in [0.1, 0.15) is 59.5 Å². The van der Waals surface area contributed by atoms with Crippen LogP contribution in [-0.4, -0.2) is 62.2 Å². The molecule has 8 nitrogen and oxygen atoms in total. The van der Waals surface area contributed by atoms with Crippen molar-refractivity contribution in [2.45, 2.75) is 38.8 Å². The van der Waals surface area contributed by atoms with Crippen molar-refractivity contribution >= 4 is 45.3 Å². The molecule has 6 rings (SSSR count). The third-order valence-electron chi connectivity index (χ3n) is 7.52. The number of hydrogen-bond donors (Lipinski definition) is 0. The predicted octanol–water partition coefficient (Wildman–Crippen LogP) is 6.34. The molecule has 0 atom stereocenters. The number of rotatable bonds is 5. The third kappa shape index (κ3) is 4.57. The topological polar surface area (TPSA) is 95.8 Å². The van der Waals surface area contributed by atoms with Crippen LogP contribution >= 0.6 is 0 Å². The summed E-state index contributed by atoms with van der Waals surface area (Å²) in [5.41, 5.74) is 1.89. The average molecular weight is 565 g/mol. The summed E-state index contributed by atoms with van der Waals surface area (Å²) in [5.74, 6) is -0.402. The summed E-state index contributed by atoms with van der Waals surface area (Å²) in [6.07, 6.45) is 0. The van der Waals surface area contributed by atoms with Gasteiger partial charge in [0.05, 0.1) is 47.6 Å². The summed E-state index contributed by atoms with van der Waals surface area (Å²) in [4.78, 5) is 36.7. The number of carbonyl (C=O) groups is 2. The molecular formula is C34H32N2O6. The Kier molecular flexibility index (Phi) is 6.52. The molecule has 0 amide bonds. The number of methoxy groups -OCH3 is 2. The molecule has 4 aromatic rings. The number of carbonyl (C=O) groups excluding carboxylic acids is 2. The van der Waals surface area contributed by atoms with Gasteiger partial charge < -0.3 is 18.9 Å². The van der Waals surface area contributed by atoms with Gasteiger partial charge in [-0.1, -0.05) is 48.5 Å². The van der Waals surface area contributed by atoms with Crippen LogP contribution in [-0.2, 0) is 18.9 Å². The van der Waals surface area contributed by atoms with Crippen LogP contribution in [0.5, 0.6) is 0 Å². The number of aliphatic imine (C=N–C) groups is 2. The zero-order chi connectivity index (χ0) is 29.8. The maximum absolute atomic E-state index is 13.4. The molecule has 0 fully saturated rings. The van der Waals surface area contributed by atoms with Crippen LogP contribution in [0.4, 0.5) is 0 Å². The zero-order valence-electron chi connectivity index (χ0n) is 24.5. The van der Waals surface area contributed by atoms with Gasteiger partial charge in [0.15, 0.2) is 0 Å². The second-order valence-electron chi connectivity index (χ2n) is 11.8. The first-order valence-corrected chi connectivity index (χ1v) is 13.8. The minimum atomic E-state index is -0.529. The van der Waals surface area contributed by atoms with Crippen molar-refractivity contribution in [3.05, 3.63) is 82.9 Å². The summed E-state index contributed by atoms with van der Waals surface area (Å²) in [7, 11) is 2.70. The summed E-state index contributed by atoms with van der Waals surface area (Å²) in [6, 6.07) is 19.2. The van der Waals surface area contributed by atoms with Gasteiger partial charge in [0.25, 0.3) is 0 Å². The molecule has 0 N–H and O–H groups in total. The van der Waals surface area contributed by atoms with E-state index in [1.54, 1.807) is 12.1 Å². The second-order valence-corrected chi connectivity index (χ2v) is 11.8. The minimum absolute atomic E-state index is 0.302. The molecule has 2 aliphatic rings. The maximum atomic E-state index is 13.4. The van der Waals surface area contributed by atoms with E-state index in [9.17, 15) is 9.59 Å². The van der Waals surface area contributed by atoms with Crippen molar-refractivity contribution in [2.24, 2.45) is 9.98 Å². The highest BCUT2D eigenvalue weighted by atomic mass is 16.5. The lowest BCUT2D eigenvalue weighted by Crippen LogP contribution is -2.17. The van der Waals surface area contributed by atoms with E-state index >= 15 is 0 Å². The molecule has 42 heavy (non-hydrogen) atoms. The molecule has 0 unspecified atom stereocenters. The molecule has 0 saturated carbocycles. The lowest BCUT2D eigenvalue weighted by molar-refractivity contribution is 0.0591. The number of fused-ring (bicyclic) bond motifs is 2. The fourth-order valence-electron chi connectivity index (χ4n) is 5.63. The van der Waals surface area contributed by atoms with Crippen molar-refractivity contribution in [1.82, 2.24) is 0 Å². The van der Waals surface area contributed by atoms with Crippen molar-refractivity contribution in [3.8, 4) is 11.1 Å². The van der Waals surface area contributed by atoms with Gasteiger partial charge in [-0.3, -0.25) is 0 Å². The summed E-state index contributed by atoms with van der Waals surface area (Å²) in [6.45, 7) is 8.58. The quantitative estimate of drug-likeness (QED) is 0.262. The van der Waals surface area contributed by atoms with E-state index in [-0.39, 0.29) is 0 Å². The molecule has 0 radical (unpaired) electrons. The minimum Gasteiger partial charge on any atom is -0.475 e. The van der Waals surface area contributed by atoms with Gasteiger partial charge in [-0.15, -0.1) is 0 Å². The number of hydrogen-bond acceptors (Lipinski definition) is 8. The van der Waals surface area contributed by atoms with E-state index in [4.69, 9.17) is 28.9 Å². The van der Waals surface area contributed by atoms with Gasteiger partial charge in [0, 0.05) is 11.1 Å². The lowest BCUT2D eigenvalue weighted by atomic mass is 9.83. The van der Waals surface area contributed by atoms with E-state index in [0.717, 1.165) is 21.5 Å². The highest BCUT2D eigenvalue weighted by molar-refractivity contribution is 6.24. The van der Waals surface area contributed by atoms with Gasteiger partial charge in [-0.25, -0.2) is 19.6 Å². The molecule has 0 saturated heterocycles. The van der Waals surface area contributed by atoms with E-state index in [0.29, 0.717) is 58.4 Å². The second kappa shape index (κ2) is 9.98. The van der Waals surface area contributed by atoms with Crippen LogP contribution < -0.4 is 0 Å². The van der Waals surface area contributed by atoms with Crippen molar-refractivity contribution in [3.63, 3.8) is 0 Å². The molecule has 0 aromatic heterocycles. The first-order valence-electron chi connectivity index (χ1n) is 13.8. The van der Waals surface area contributed by atoms with Crippen LogP contribution in [0.25, 0.3) is 32.7 Å². The standard InChI is InChI=1S/C34H32N2O6/c1-33(2)17-41-29(35-33)27-23(31(37)39-5)15-19-11-7-9-13-21(19)25(27)26-22-14-10-8-12-20(22)16-24(32(38)40-6)28(26)30-36-34(3,4)18-42-30/h7-16H,17-18H2,1-6H3. The molecule has 214 valence electrons. The number of esters is 2. The highest BCUT2D eigenvalue weighted by Crippen LogP contribution is 2.44. The largest absolute Gasteiger partial charge is 0.475 e. The SMILES string of the molecule is COC(=O)c1cc2ccccc2c(-c2c(C3=NC(C)(C)CO3)c(C(=O)OC)cc3ccccc23)c1C1=NC(C)(C)CO1. The van der Waals surface area contributed by atoms with Crippen molar-refractivity contribution in [1.29, 1.82) is 0 Å². The molecule has 2 heterocycles. The first kappa shape index (κ1) is 27.4. The van der Waals surface area contributed by atoms with Crippen LogP contribution in [0.2, 0.25) is 0 Å². The fraction of sp³-hybridized carbons (Fsp3) is 0.294. The Morgan fingerprint density at radius 1 is 0.643 bits per heavy atom. The van der Waals surface area contributed by atoms with E-state index < -0.39 is 23.0 Å². The number of ether oxygens (including phenoxy) is 4. The predicted molar refractivity (Wildman–Crippen MR) is 163 cm³/mol. The summed E-state index contributed by atoms with van der Waals surface area (Å²) < 4.78 is 23.0. The first-order chi connectivity index (χ1) is 20.0. The van der Waals surface area contributed by atoms with Gasteiger partial charge >= 0.3 is 11.9 Å². The highest BCUT2D eigenvalue weighted by Gasteiger charge is 2.37. The zero-order valence-corrected chi connectivity index (χ0v) is 24.5. The Balaban J connectivity index is 1.89. The Morgan fingerprint density at radius 3 is 1.36 bits per heavy atom.